The number of amides is 1. The maximum Gasteiger partial charge on any atom is 0.326 e. The van der Waals surface area contributed by atoms with Crippen molar-refractivity contribution in [2.75, 3.05) is 29.0 Å². The van der Waals surface area contributed by atoms with Crippen LogP contribution in [0.5, 0.6) is 0 Å². The van der Waals surface area contributed by atoms with E-state index < -0.39 is 23.9 Å². The van der Waals surface area contributed by atoms with Crippen molar-refractivity contribution < 1.29 is 29.2 Å². The van der Waals surface area contributed by atoms with Crippen LogP contribution in [0.25, 0.3) is 0 Å². The molecule has 0 saturated carbocycles. The molecule has 1 amide bonds. The van der Waals surface area contributed by atoms with Crippen LogP contribution in [0, 0.1) is 0 Å². The third-order valence-corrected chi connectivity index (χ3v) is 5.45. The molecular formula is C20H22N7O6+. The Kier molecular flexibility index (Phi) is 5.69. The van der Waals surface area contributed by atoms with E-state index in [1.807, 2.05) is 9.48 Å². The summed E-state index contributed by atoms with van der Waals surface area (Å²) >= 11 is 0. The first kappa shape index (κ1) is 21.8. The number of carbonyl (C=O) groups excluding carboxylic acids is 1. The lowest BCUT2D eigenvalue weighted by Crippen LogP contribution is -2.41. The molecule has 33 heavy (non-hydrogen) atoms. The molecule has 172 valence electrons. The molecule has 2 unspecified atom stereocenters. The largest absolute Gasteiger partial charge is 0.481 e. The van der Waals surface area contributed by atoms with Gasteiger partial charge in [0, 0.05) is 12.0 Å². The third kappa shape index (κ3) is 4.46. The van der Waals surface area contributed by atoms with Gasteiger partial charge in [-0.25, -0.2) is 14.3 Å². The number of nitrogens with two attached hydrogens (primary N) is 1. The summed E-state index contributed by atoms with van der Waals surface area (Å²) in [6.45, 7) is 1.14. The Bertz CT molecular complexity index is 1210. The SMILES string of the molecule is Nc1nc2c(c(=O)[nH]1)[N+]1=CN(c3ccc(C(=O)NC(CCC(=O)O)C(=O)O)cc3)CC1CN2. The molecule has 0 saturated heterocycles. The molecule has 0 radical (unpaired) electrons. The third-order valence-electron chi connectivity index (χ3n) is 5.45. The first-order valence-electron chi connectivity index (χ1n) is 10.1. The number of nitrogens with zero attached hydrogens (tertiary/aromatic N) is 3. The number of carbonyl (C=O) groups is 3. The highest BCUT2D eigenvalue weighted by molar-refractivity contribution is 5.97. The fourth-order valence-electron chi connectivity index (χ4n) is 3.81. The number of benzene rings is 1. The molecule has 2 aliphatic heterocycles. The van der Waals surface area contributed by atoms with Gasteiger partial charge in [0.15, 0.2) is 11.9 Å². The van der Waals surface area contributed by atoms with Crippen molar-refractivity contribution >= 4 is 47.3 Å². The molecule has 1 aromatic heterocycles. The highest BCUT2D eigenvalue weighted by Gasteiger charge is 2.39. The molecular weight excluding hydrogens is 434 g/mol. The topological polar surface area (TPSA) is 194 Å². The number of carboxylic acid groups (broad SMARTS) is 2. The Balaban J connectivity index is 1.49. The van der Waals surface area contributed by atoms with Crippen LogP contribution in [-0.4, -0.2) is 74.1 Å². The maximum absolute atomic E-state index is 12.4. The van der Waals surface area contributed by atoms with Gasteiger partial charge >= 0.3 is 17.5 Å². The lowest BCUT2D eigenvalue weighted by Gasteiger charge is -2.20. The molecule has 0 aliphatic carbocycles. The lowest BCUT2D eigenvalue weighted by atomic mass is 10.1. The van der Waals surface area contributed by atoms with Crippen molar-refractivity contribution in [3.63, 3.8) is 0 Å². The van der Waals surface area contributed by atoms with Crippen LogP contribution < -0.4 is 26.8 Å². The number of nitrogen functional groups attached to an aromatic ring is 1. The van der Waals surface area contributed by atoms with E-state index in [-0.39, 0.29) is 36.0 Å². The number of H-pyrrole nitrogens is 1. The van der Waals surface area contributed by atoms with E-state index in [9.17, 15) is 24.3 Å². The van der Waals surface area contributed by atoms with Gasteiger partial charge in [-0.2, -0.15) is 4.98 Å². The molecule has 7 N–H and O–H groups in total. The summed E-state index contributed by atoms with van der Waals surface area (Å²) in [4.78, 5) is 55.4. The number of hydrogen-bond donors (Lipinski definition) is 6. The second-order valence-electron chi connectivity index (χ2n) is 7.70. The van der Waals surface area contributed by atoms with E-state index in [1.165, 1.54) is 0 Å². The highest BCUT2D eigenvalue weighted by Crippen LogP contribution is 2.28. The lowest BCUT2D eigenvalue weighted by molar-refractivity contribution is -0.468. The van der Waals surface area contributed by atoms with E-state index >= 15 is 0 Å². The smallest absolute Gasteiger partial charge is 0.326 e. The van der Waals surface area contributed by atoms with Crippen LogP contribution in [0.3, 0.4) is 0 Å². The van der Waals surface area contributed by atoms with Gasteiger partial charge in [-0.15, -0.1) is 0 Å². The molecule has 13 heteroatoms. The highest BCUT2D eigenvalue weighted by atomic mass is 16.4. The van der Waals surface area contributed by atoms with Gasteiger partial charge in [0.1, 0.15) is 18.3 Å². The van der Waals surface area contributed by atoms with Crippen LogP contribution in [0.15, 0.2) is 29.1 Å². The molecule has 0 spiro atoms. The van der Waals surface area contributed by atoms with E-state index in [0.717, 1.165) is 5.69 Å². The Morgan fingerprint density at radius 1 is 1.27 bits per heavy atom. The van der Waals surface area contributed by atoms with E-state index in [2.05, 4.69) is 20.6 Å². The number of carboxylic acids is 2. The van der Waals surface area contributed by atoms with Crippen LogP contribution in [0.2, 0.25) is 0 Å². The van der Waals surface area contributed by atoms with Gasteiger partial charge in [-0.1, -0.05) is 0 Å². The Labute approximate surface area is 186 Å². The second-order valence-corrected chi connectivity index (χ2v) is 7.70. The minimum Gasteiger partial charge on any atom is -0.481 e. The van der Waals surface area contributed by atoms with Crippen molar-refractivity contribution in [3.05, 3.63) is 40.2 Å². The first-order chi connectivity index (χ1) is 15.7. The summed E-state index contributed by atoms with van der Waals surface area (Å²) < 4.78 is 1.83. The molecule has 2 aromatic rings. The summed E-state index contributed by atoms with van der Waals surface area (Å²) in [5, 5.41) is 23.4. The van der Waals surface area contributed by atoms with E-state index in [1.54, 1.807) is 30.6 Å². The number of aliphatic carboxylic acids is 2. The predicted octanol–water partition coefficient (Wildman–Crippen LogP) is -0.613. The average molecular weight is 456 g/mol. The van der Waals surface area contributed by atoms with E-state index in [0.29, 0.717) is 24.6 Å². The summed E-state index contributed by atoms with van der Waals surface area (Å²) in [6.07, 6.45) is 1.20. The standard InChI is InChI=1S/C20H21N7O6/c21-20-24-16-15(18(31)25-20)27-9-26(8-12(27)7-22-16)11-3-1-10(2-4-11)17(30)23-13(19(32)33)5-6-14(28)29/h1-4,9,12-13H,5-8H2,(H6-,21,22,23,24,25,28,29,30,31,32,33)/p+1. The average Bonchev–Trinajstić information content (AvgIpc) is 3.20. The van der Waals surface area contributed by atoms with Crippen molar-refractivity contribution in [2.45, 2.75) is 24.9 Å². The zero-order valence-electron chi connectivity index (χ0n) is 17.3. The summed E-state index contributed by atoms with van der Waals surface area (Å²) in [5.74, 6) is -2.62. The molecule has 13 nitrogen and oxygen atoms in total. The molecule has 2 atom stereocenters. The normalized spacial score (nSPS) is 17.3. The Hall–Kier alpha value is -4.42. The van der Waals surface area contributed by atoms with Gasteiger partial charge in [-0.3, -0.25) is 19.4 Å². The van der Waals surface area contributed by atoms with Crippen LogP contribution in [0.4, 0.5) is 23.1 Å². The minimum absolute atomic E-state index is 0.0161. The maximum atomic E-state index is 12.4. The zero-order valence-corrected chi connectivity index (χ0v) is 17.3. The molecule has 2 aliphatic rings. The van der Waals surface area contributed by atoms with Crippen LogP contribution >= 0.6 is 0 Å². The molecule has 0 bridgehead atoms. The summed E-state index contributed by atoms with van der Waals surface area (Å²) in [6, 6.07) is 5.19. The molecule has 0 fully saturated rings. The fraction of sp³-hybridized carbons (Fsp3) is 0.300. The second kappa shape index (κ2) is 8.61. The summed E-state index contributed by atoms with van der Waals surface area (Å²) in [7, 11) is 0. The molecule has 4 rings (SSSR count). The van der Waals surface area contributed by atoms with Gasteiger partial charge in [0.05, 0.1) is 6.54 Å². The van der Waals surface area contributed by atoms with Crippen LogP contribution in [-0.2, 0) is 9.59 Å². The first-order valence-corrected chi connectivity index (χ1v) is 10.1. The van der Waals surface area contributed by atoms with Gasteiger partial charge < -0.3 is 26.6 Å². The number of anilines is 3. The molecule has 3 heterocycles. The van der Waals surface area contributed by atoms with Crippen LogP contribution in [0.1, 0.15) is 23.2 Å². The Morgan fingerprint density at radius 2 is 2.00 bits per heavy atom. The number of aromatic amines is 1. The number of aromatic nitrogens is 2. The van der Waals surface area contributed by atoms with Gasteiger partial charge in [0.2, 0.25) is 18.0 Å². The minimum atomic E-state index is -1.30. The van der Waals surface area contributed by atoms with Crippen molar-refractivity contribution in [1.82, 2.24) is 15.3 Å². The number of hydrogen-bond acceptors (Lipinski definition) is 8. The Morgan fingerprint density at radius 3 is 2.67 bits per heavy atom. The van der Waals surface area contributed by atoms with E-state index in [4.69, 9.17) is 10.8 Å². The van der Waals surface area contributed by atoms with Gasteiger partial charge in [-0.05, 0) is 30.7 Å². The molecule has 1 aromatic carbocycles. The van der Waals surface area contributed by atoms with Crippen molar-refractivity contribution in [3.8, 4) is 0 Å². The summed E-state index contributed by atoms with van der Waals surface area (Å²) in [5.41, 5.74) is 6.64. The number of rotatable bonds is 7. The number of fused-ring (bicyclic) bond motifs is 3. The van der Waals surface area contributed by atoms with Crippen molar-refractivity contribution in [2.24, 2.45) is 0 Å². The fourth-order valence-corrected chi connectivity index (χ4v) is 3.81. The van der Waals surface area contributed by atoms with Gasteiger partial charge in [0.25, 0.3) is 5.91 Å². The van der Waals surface area contributed by atoms with Crippen molar-refractivity contribution in [1.29, 1.82) is 0 Å². The monoisotopic (exact) mass is 456 g/mol. The zero-order chi connectivity index (χ0) is 23.7. The quantitative estimate of drug-likeness (QED) is 0.293. The predicted molar refractivity (Wildman–Crippen MR) is 117 cm³/mol. The number of nitrogens with one attached hydrogen (secondary N) is 3.